The van der Waals surface area contributed by atoms with Crippen LogP contribution in [0.5, 0.6) is 0 Å². The molecule has 0 aromatic rings. The molecule has 3 heteroatoms. The van der Waals surface area contributed by atoms with Crippen LogP contribution >= 0.6 is 0 Å². The van der Waals surface area contributed by atoms with E-state index in [2.05, 4.69) is 0 Å². The number of aliphatic hydroxyl groups is 1. The van der Waals surface area contributed by atoms with E-state index in [0.29, 0.717) is 5.32 Å². The zero-order chi connectivity index (χ0) is 4.99. The molecule has 38 valence electrons. The molecular formula is C3H8O2Se. The summed E-state index contributed by atoms with van der Waals surface area (Å²) in [5.41, 5.74) is 0. The summed E-state index contributed by atoms with van der Waals surface area (Å²) in [6.45, 7) is 1.66. The normalized spacial score (nSPS) is 14.5. The van der Waals surface area contributed by atoms with E-state index in [0.717, 1.165) is 0 Å². The van der Waals surface area contributed by atoms with Crippen LogP contribution in [0.4, 0.5) is 0 Å². The van der Waals surface area contributed by atoms with Gasteiger partial charge in [0.2, 0.25) is 0 Å². The van der Waals surface area contributed by atoms with Crippen molar-refractivity contribution in [2.24, 2.45) is 0 Å². The molecule has 0 saturated carbocycles. The predicted octanol–water partition coefficient (Wildman–Crippen LogP) is -0.603. The summed E-state index contributed by atoms with van der Waals surface area (Å²) in [4.78, 5) is 0. The Bertz CT molecular complexity index is 30.0. The van der Waals surface area contributed by atoms with Crippen LogP contribution in [0.25, 0.3) is 0 Å². The van der Waals surface area contributed by atoms with Crippen molar-refractivity contribution in [3.05, 3.63) is 0 Å². The second-order valence-corrected chi connectivity index (χ2v) is 2.39. The van der Waals surface area contributed by atoms with Gasteiger partial charge in [0.25, 0.3) is 0 Å². The van der Waals surface area contributed by atoms with Crippen LogP contribution in [0, 0.1) is 0 Å². The van der Waals surface area contributed by atoms with Gasteiger partial charge in [-0.05, 0) is 0 Å². The van der Waals surface area contributed by atoms with Gasteiger partial charge in [0.15, 0.2) is 0 Å². The second-order valence-electron chi connectivity index (χ2n) is 1.14. The molecule has 1 atom stereocenters. The van der Waals surface area contributed by atoms with Crippen molar-refractivity contribution in [2.45, 2.75) is 18.3 Å². The molecule has 0 radical (unpaired) electrons. The van der Waals surface area contributed by atoms with Gasteiger partial charge in [-0.15, -0.1) is 0 Å². The van der Waals surface area contributed by atoms with E-state index in [1.165, 1.54) is 0 Å². The minimum atomic E-state index is -0.353. The number of hydrogen-bond acceptors (Lipinski definition) is 2. The van der Waals surface area contributed by atoms with Crippen LogP contribution in [-0.2, 0) is 0 Å². The molecule has 0 amide bonds. The van der Waals surface area contributed by atoms with E-state index in [1.807, 2.05) is 0 Å². The fourth-order valence-electron chi connectivity index (χ4n) is 0.108. The molecule has 1 unspecified atom stereocenters. The number of hydrogen-bond donors (Lipinski definition) is 2. The van der Waals surface area contributed by atoms with Crippen LogP contribution in [0.1, 0.15) is 6.92 Å². The molecule has 0 fully saturated rings. The van der Waals surface area contributed by atoms with E-state index in [-0.39, 0.29) is 21.4 Å². The Morgan fingerprint density at radius 1 is 1.83 bits per heavy atom. The maximum atomic E-state index is 8.41. The first-order valence-corrected chi connectivity index (χ1v) is 3.69. The average Bonchev–Trinajstić information content (AvgIpc) is 1.35. The Morgan fingerprint density at radius 2 is 2.33 bits per heavy atom. The summed E-state index contributed by atoms with van der Waals surface area (Å²) in [5, 5.41) is 8.96. The van der Waals surface area contributed by atoms with Gasteiger partial charge in [-0.1, -0.05) is 0 Å². The van der Waals surface area contributed by atoms with E-state index >= 15 is 0 Å². The van der Waals surface area contributed by atoms with Gasteiger partial charge in [-0.2, -0.15) is 0 Å². The van der Waals surface area contributed by atoms with Crippen molar-refractivity contribution >= 4 is 15.3 Å². The van der Waals surface area contributed by atoms with Crippen molar-refractivity contribution in [2.75, 3.05) is 0 Å². The first-order chi connectivity index (χ1) is 2.77. The Morgan fingerprint density at radius 3 is 2.33 bits per heavy atom. The summed E-state index contributed by atoms with van der Waals surface area (Å²) in [5.74, 6) is 0. The van der Waals surface area contributed by atoms with Crippen molar-refractivity contribution < 1.29 is 9.30 Å². The molecule has 0 aliphatic carbocycles. The van der Waals surface area contributed by atoms with Crippen LogP contribution in [0.15, 0.2) is 0 Å². The quantitative estimate of drug-likeness (QED) is 0.522. The first kappa shape index (κ1) is 6.44. The Kier molecular flexibility index (Phi) is 3.89. The molecule has 0 aromatic heterocycles. The predicted molar refractivity (Wildman–Crippen MR) is 24.5 cm³/mol. The summed E-state index contributed by atoms with van der Waals surface area (Å²) in [6, 6.07) is 0. The van der Waals surface area contributed by atoms with Crippen molar-refractivity contribution in [1.29, 1.82) is 0 Å². The van der Waals surface area contributed by atoms with Crippen LogP contribution in [-0.4, -0.2) is 30.7 Å². The Balaban J connectivity index is 2.63. The Labute approximate surface area is 43.7 Å². The van der Waals surface area contributed by atoms with E-state index in [4.69, 9.17) is 9.30 Å². The Hall–Kier alpha value is 0.439. The minimum absolute atomic E-state index is 0.324. The fourth-order valence-corrected chi connectivity index (χ4v) is 0.561. The molecule has 0 rings (SSSR count). The topological polar surface area (TPSA) is 40.5 Å². The summed E-state index contributed by atoms with van der Waals surface area (Å²) < 4.78 is 8.14. The van der Waals surface area contributed by atoms with Crippen molar-refractivity contribution in [3.63, 3.8) is 0 Å². The summed E-state index contributed by atoms with van der Waals surface area (Å²) in [6.07, 6.45) is -0.324. The average molecular weight is 155 g/mol. The van der Waals surface area contributed by atoms with Gasteiger partial charge in [0.1, 0.15) is 0 Å². The molecular weight excluding hydrogens is 147 g/mol. The fraction of sp³-hybridized carbons (Fsp3) is 1.00. The summed E-state index contributed by atoms with van der Waals surface area (Å²) >= 11 is -0.353. The third-order valence-corrected chi connectivity index (χ3v) is 1.64. The third kappa shape index (κ3) is 4.44. The molecule has 0 bridgehead atoms. The zero-order valence-electron chi connectivity index (χ0n) is 3.59. The van der Waals surface area contributed by atoms with Gasteiger partial charge in [0.05, 0.1) is 0 Å². The third-order valence-electron chi connectivity index (χ3n) is 0.316. The molecule has 2 N–H and O–H groups in total. The van der Waals surface area contributed by atoms with E-state index in [1.54, 1.807) is 6.92 Å². The standard InChI is InChI=1S/C3H8O2Se/c1-3(4)2-6-5/h3-5H,2H2,1H3. The molecule has 0 heterocycles. The van der Waals surface area contributed by atoms with E-state index < -0.39 is 0 Å². The van der Waals surface area contributed by atoms with Gasteiger partial charge in [-0.25, -0.2) is 0 Å². The molecule has 2 nitrogen and oxygen atoms in total. The number of rotatable bonds is 2. The van der Waals surface area contributed by atoms with Crippen molar-refractivity contribution in [1.82, 2.24) is 0 Å². The molecule has 0 saturated heterocycles. The second kappa shape index (κ2) is 3.62. The van der Waals surface area contributed by atoms with Crippen LogP contribution < -0.4 is 0 Å². The van der Waals surface area contributed by atoms with Gasteiger partial charge >= 0.3 is 42.9 Å². The first-order valence-electron chi connectivity index (χ1n) is 1.72. The molecule has 0 aliphatic rings. The van der Waals surface area contributed by atoms with Crippen molar-refractivity contribution in [3.8, 4) is 0 Å². The van der Waals surface area contributed by atoms with Crippen LogP contribution in [0.3, 0.4) is 0 Å². The van der Waals surface area contributed by atoms with Gasteiger partial charge in [-0.3, -0.25) is 0 Å². The number of aliphatic hydroxyl groups excluding tert-OH is 1. The molecule has 6 heavy (non-hydrogen) atoms. The van der Waals surface area contributed by atoms with Gasteiger partial charge in [0, 0.05) is 0 Å². The maximum absolute atomic E-state index is 8.41. The molecule has 0 spiro atoms. The SMILES string of the molecule is CC(O)C[Se]O. The molecule has 0 aromatic carbocycles. The molecule has 0 aliphatic heterocycles. The van der Waals surface area contributed by atoms with E-state index in [9.17, 15) is 0 Å². The zero-order valence-corrected chi connectivity index (χ0v) is 5.30. The summed E-state index contributed by atoms with van der Waals surface area (Å²) in [7, 11) is 0. The monoisotopic (exact) mass is 156 g/mol. The van der Waals surface area contributed by atoms with Crippen LogP contribution in [0.2, 0.25) is 5.32 Å². The van der Waals surface area contributed by atoms with Gasteiger partial charge < -0.3 is 0 Å².